The number of anilines is 1. The SMILES string of the molecule is CCCC(NC(=O)c1cc2ccccc2s1)C(=O)Nc1ncn[nH]1. The topological polar surface area (TPSA) is 99.8 Å². The highest BCUT2D eigenvalue weighted by molar-refractivity contribution is 7.20. The summed E-state index contributed by atoms with van der Waals surface area (Å²) in [5, 5.41) is 12.7. The molecule has 7 nitrogen and oxygen atoms in total. The van der Waals surface area contributed by atoms with Crippen LogP contribution in [0.4, 0.5) is 5.95 Å². The first-order valence-electron chi connectivity index (χ1n) is 7.63. The largest absolute Gasteiger partial charge is 0.340 e. The van der Waals surface area contributed by atoms with Crippen LogP contribution in [0.25, 0.3) is 10.1 Å². The smallest absolute Gasteiger partial charge is 0.262 e. The first-order chi connectivity index (χ1) is 11.7. The number of thiophene rings is 1. The third kappa shape index (κ3) is 3.60. The lowest BCUT2D eigenvalue weighted by Gasteiger charge is -2.16. The fraction of sp³-hybridized carbons (Fsp3) is 0.250. The highest BCUT2D eigenvalue weighted by Crippen LogP contribution is 2.25. The molecule has 0 aliphatic carbocycles. The molecule has 0 aliphatic heterocycles. The molecule has 0 aliphatic rings. The number of hydrogen-bond donors (Lipinski definition) is 3. The second kappa shape index (κ2) is 7.22. The maximum absolute atomic E-state index is 12.5. The van der Waals surface area contributed by atoms with Crippen LogP contribution < -0.4 is 10.6 Å². The molecule has 1 aromatic carbocycles. The Bertz CT molecular complexity index is 810. The lowest BCUT2D eigenvalue weighted by molar-refractivity contribution is -0.118. The molecule has 2 heterocycles. The van der Waals surface area contributed by atoms with Gasteiger partial charge in [0.1, 0.15) is 12.4 Å². The number of amides is 2. The Balaban J connectivity index is 1.72. The van der Waals surface area contributed by atoms with Gasteiger partial charge in [0.2, 0.25) is 11.9 Å². The van der Waals surface area contributed by atoms with E-state index >= 15 is 0 Å². The van der Waals surface area contributed by atoms with Gasteiger partial charge in [-0.3, -0.25) is 14.9 Å². The normalized spacial score (nSPS) is 12.0. The average molecular weight is 343 g/mol. The molecule has 124 valence electrons. The summed E-state index contributed by atoms with van der Waals surface area (Å²) in [6.45, 7) is 1.96. The van der Waals surface area contributed by atoms with Gasteiger partial charge >= 0.3 is 0 Å². The summed E-state index contributed by atoms with van der Waals surface area (Å²) >= 11 is 1.41. The van der Waals surface area contributed by atoms with Crippen molar-refractivity contribution in [2.45, 2.75) is 25.8 Å². The van der Waals surface area contributed by atoms with Gasteiger partial charge in [-0.25, -0.2) is 5.10 Å². The fourth-order valence-electron chi connectivity index (χ4n) is 2.35. The zero-order valence-electron chi connectivity index (χ0n) is 13.1. The van der Waals surface area contributed by atoms with E-state index in [0.29, 0.717) is 11.3 Å². The van der Waals surface area contributed by atoms with Crippen LogP contribution in [0.2, 0.25) is 0 Å². The fourth-order valence-corrected chi connectivity index (χ4v) is 3.32. The van der Waals surface area contributed by atoms with E-state index in [1.54, 1.807) is 0 Å². The lowest BCUT2D eigenvalue weighted by Crippen LogP contribution is -2.43. The standard InChI is InChI=1S/C16H17N5O2S/c1-2-5-11(14(22)20-16-17-9-18-21-16)19-15(23)13-8-10-6-3-4-7-12(10)24-13/h3-4,6-9,11H,2,5H2,1H3,(H,19,23)(H2,17,18,20,21,22). The molecule has 3 aromatic rings. The van der Waals surface area contributed by atoms with Gasteiger partial charge in [0.25, 0.3) is 5.91 Å². The van der Waals surface area contributed by atoms with Crippen molar-refractivity contribution in [1.29, 1.82) is 0 Å². The van der Waals surface area contributed by atoms with Crippen molar-refractivity contribution in [3.05, 3.63) is 41.5 Å². The molecule has 0 radical (unpaired) electrons. The van der Waals surface area contributed by atoms with Crippen molar-refractivity contribution in [2.24, 2.45) is 0 Å². The molecule has 0 saturated heterocycles. The Labute approximate surface area is 142 Å². The Hall–Kier alpha value is -2.74. The molecule has 0 saturated carbocycles. The van der Waals surface area contributed by atoms with Gasteiger partial charge in [0.15, 0.2) is 0 Å². The van der Waals surface area contributed by atoms with Crippen molar-refractivity contribution in [3.8, 4) is 0 Å². The van der Waals surface area contributed by atoms with Crippen LogP contribution in [0.5, 0.6) is 0 Å². The quantitative estimate of drug-likeness (QED) is 0.640. The molecule has 1 atom stereocenters. The second-order valence-electron chi connectivity index (χ2n) is 5.29. The van der Waals surface area contributed by atoms with Gasteiger partial charge < -0.3 is 5.32 Å². The number of nitrogens with one attached hydrogen (secondary N) is 3. The van der Waals surface area contributed by atoms with E-state index in [4.69, 9.17) is 0 Å². The molecule has 0 fully saturated rings. The highest BCUT2D eigenvalue weighted by atomic mass is 32.1. The summed E-state index contributed by atoms with van der Waals surface area (Å²) in [5.41, 5.74) is 0. The predicted molar refractivity (Wildman–Crippen MR) is 93.0 cm³/mol. The average Bonchev–Trinajstić information content (AvgIpc) is 3.23. The van der Waals surface area contributed by atoms with Crippen molar-refractivity contribution < 1.29 is 9.59 Å². The maximum Gasteiger partial charge on any atom is 0.262 e. The first-order valence-corrected chi connectivity index (χ1v) is 8.44. The molecule has 2 aromatic heterocycles. The number of fused-ring (bicyclic) bond motifs is 1. The molecule has 2 amide bonds. The monoisotopic (exact) mass is 343 g/mol. The van der Waals surface area contributed by atoms with Gasteiger partial charge in [0.05, 0.1) is 4.88 Å². The van der Waals surface area contributed by atoms with Crippen LogP contribution >= 0.6 is 11.3 Å². The van der Waals surface area contributed by atoms with Crippen molar-refractivity contribution >= 4 is 39.2 Å². The summed E-state index contributed by atoms with van der Waals surface area (Å²) in [4.78, 5) is 29.3. The maximum atomic E-state index is 12.5. The molecule has 24 heavy (non-hydrogen) atoms. The Kier molecular flexibility index (Phi) is 4.85. The van der Waals surface area contributed by atoms with Crippen molar-refractivity contribution in [2.75, 3.05) is 5.32 Å². The number of rotatable bonds is 6. The third-order valence-corrected chi connectivity index (χ3v) is 4.62. The molecular weight excluding hydrogens is 326 g/mol. The first kappa shape index (κ1) is 16.1. The van der Waals surface area contributed by atoms with Crippen LogP contribution in [0, 0.1) is 0 Å². The Morgan fingerprint density at radius 2 is 2.17 bits per heavy atom. The minimum Gasteiger partial charge on any atom is -0.340 e. The van der Waals surface area contributed by atoms with Crippen LogP contribution in [0.15, 0.2) is 36.7 Å². The van der Waals surface area contributed by atoms with Crippen LogP contribution in [0.1, 0.15) is 29.4 Å². The van der Waals surface area contributed by atoms with Crippen LogP contribution in [-0.4, -0.2) is 33.0 Å². The molecule has 8 heteroatoms. The van der Waals surface area contributed by atoms with E-state index in [9.17, 15) is 9.59 Å². The van der Waals surface area contributed by atoms with Crippen molar-refractivity contribution in [1.82, 2.24) is 20.5 Å². The summed E-state index contributed by atoms with van der Waals surface area (Å²) < 4.78 is 1.04. The molecular formula is C16H17N5O2S. The van der Waals surface area contributed by atoms with E-state index in [0.717, 1.165) is 16.5 Å². The van der Waals surface area contributed by atoms with E-state index in [1.807, 2.05) is 37.3 Å². The molecule has 0 spiro atoms. The van der Waals surface area contributed by atoms with Gasteiger partial charge in [-0.2, -0.15) is 10.1 Å². The zero-order valence-corrected chi connectivity index (χ0v) is 13.9. The van der Waals surface area contributed by atoms with Gasteiger partial charge in [-0.15, -0.1) is 11.3 Å². The van der Waals surface area contributed by atoms with E-state index in [2.05, 4.69) is 25.8 Å². The Morgan fingerprint density at radius 1 is 1.33 bits per heavy atom. The minimum atomic E-state index is -0.627. The second-order valence-corrected chi connectivity index (χ2v) is 6.37. The summed E-state index contributed by atoms with van der Waals surface area (Å²) in [6.07, 6.45) is 2.61. The molecule has 3 N–H and O–H groups in total. The van der Waals surface area contributed by atoms with E-state index in [-0.39, 0.29) is 17.8 Å². The van der Waals surface area contributed by atoms with Gasteiger partial charge in [-0.05, 0) is 23.9 Å². The number of aromatic nitrogens is 3. The van der Waals surface area contributed by atoms with E-state index < -0.39 is 6.04 Å². The number of carbonyl (C=O) groups is 2. The number of H-pyrrole nitrogens is 1. The number of hydrogen-bond acceptors (Lipinski definition) is 5. The van der Waals surface area contributed by atoms with Crippen LogP contribution in [-0.2, 0) is 4.79 Å². The number of aromatic amines is 1. The molecule has 0 bridgehead atoms. The minimum absolute atomic E-state index is 0.248. The van der Waals surface area contributed by atoms with Gasteiger partial charge in [0, 0.05) is 4.70 Å². The summed E-state index contributed by atoms with van der Waals surface area (Å²) in [5.74, 6) is -0.303. The Morgan fingerprint density at radius 3 is 2.88 bits per heavy atom. The van der Waals surface area contributed by atoms with Crippen LogP contribution in [0.3, 0.4) is 0 Å². The van der Waals surface area contributed by atoms with Crippen molar-refractivity contribution in [3.63, 3.8) is 0 Å². The number of nitrogens with zero attached hydrogens (tertiary/aromatic N) is 2. The number of benzene rings is 1. The summed E-state index contributed by atoms with van der Waals surface area (Å²) in [7, 11) is 0. The highest BCUT2D eigenvalue weighted by Gasteiger charge is 2.22. The van der Waals surface area contributed by atoms with Gasteiger partial charge in [-0.1, -0.05) is 31.5 Å². The van der Waals surface area contributed by atoms with E-state index in [1.165, 1.54) is 17.7 Å². The predicted octanol–water partition coefficient (Wildman–Crippen LogP) is 2.56. The third-order valence-electron chi connectivity index (χ3n) is 3.51. The molecule has 3 rings (SSSR count). The lowest BCUT2D eigenvalue weighted by atomic mass is 10.1. The summed E-state index contributed by atoms with van der Waals surface area (Å²) in [6, 6.07) is 9.01. The zero-order chi connectivity index (χ0) is 16.9. The molecule has 1 unspecified atom stereocenters. The number of carbonyl (C=O) groups excluding carboxylic acids is 2.